The van der Waals surface area contributed by atoms with E-state index in [1.807, 2.05) is 6.07 Å². The minimum Gasteiger partial charge on any atom is -0.481 e. The van der Waals surface area contributed by atoms with Gasteiger partial charge in [0.2, 0.25) is 0 Å². The number of aliphatic carboxylic acids is 1. The van der Waals surface area contributed by atoms with E-state index in [-0.39, 0.29) is 6.42 Å². The SMILES string of the molecule is Cn1cc2cc(-c3ccc(C(F)(F)F)cc3)cc(CCC(=O)O)c2n1. The number of fused-ring (bicyclic) bond motifs is 1. The van der Waals surface area contributed by atoms with Crippen LogP contribution < -0.4 is 0 Å². The Labute approximate surface area is 141 Å². The summed E-state index contributed by atoms with van der Waals surface area (Å²) in [5, 5.41) is 14.1. The molecule has 7 heteroatoms. The third-order valence-electron chi connectivity index (χ3n) is 3.96. The number of alkyl halides is 3. The minimum absolute atomic E-state index is 0.0395. The summed E-state index contributed by atoms with van der Waals surface area (Å²) >= 11 is 0. The summed E-state index contributed by atoms with van der Waals surface area (Å²) < 4.78 is 39.8. The van der Waals surface area contributed by atoms with E-state index in [0.29, 0.717) is 17.5 Å². The zero-order valence-electron chi connectivity index (χ0n) is 13.3. The van der Waals surface area contributed by atoms with E-state index in [1.165, 1.54) is 12.1 Å². The van der Waals surface area contributed by atoms with Crippen molar-refractivity contribution in [3.8, 4) is 11.1 Å². The zero-order valence-corrected chi connectivity index (χ0v) is 13.3. The summed E-state index contributed by atoms with van der Waals surface area (Å²) in [5.74, 6) is -0.913. The Morgan fingerprint density at radius 2 is 1.84 bits per heavy atom. The van der Waals surface area contributed by atoms with Gasteiger partial charge in [-0.05, 0) is 47.4 Å². The van der Waals surface area contributed by atoms with Crippen molar-refractivity contribution in [2.75, 3.05) is 0 Å². The lowest BCUT2D eigenvalue weighted by molar-refractivity contribution is -0.138. The lowest BCUT2D eigenvalue weighted by Gasteiger charge is -2.09. The molecule has 25 heavy (non-hydrogen) atoms. The normalized spacial score (nSPS) is 11.8. The van der Waals surface area contributed by atoms with Gasteiger partial charge in [-0.15, -0.1) is 0 Å². The Morgan fingerprint density at radius 1 is 1.16 bits per heavy atom. The van der Waals surface area contributed by atoms with Gasteiger partial charge in [-0.2, -0.15) is 18.3 Å². The number of carbonyl (C=O) groups is 1. The second-order valence-electron chi connectivity index (χ2n) is 5.84. The lowest BCUT2D eigenvalue weighted by Crippen LogP contribution is -2.04. The summed E-state index contributed by atoms with van der Waals surface area (Å²) in [7, 11) is 1.76. The monoisotopic (exact) mass is 348 g/mol. The van der Waals surface area contributed by atoms with Crippen LogP contribution >= 0.6 is 0 Å². The van der Waals surface area contributed by atoms with Crippen LogP contribution in [-0.2, 0) is 24.4 Å². The molecule has 0 bridgehead atoms. The van der Waals surface area contributed by atoms with Crippen LogP contribution in [0.5, 0.6) is 0 Å². The molecule has 0 aliphatic carbocycles. The number of carboxylic acids is 1. The first kappa shape index (κ1) is 17.0. The second kappa shape index (κ2) is 6.23. The average Bonchev–Trinajstić information content (AvgIpc) is 2.92. The summed E-state index contributed by atoms with van der Waals surface area (Å²) in [5.41, 5.74) is 2.13. The van der Waals surface area contributed by atoms with Crippen LogP contribution in [-0.4, -0.2) is 20.9 Å². The van der Waals surface area contributed by atoms with Gasteiger partial charge in [-0.25, -0.2) is 0 Å². The van der Waals surface area contributed by atoms with Crippen molar-refractivity contribution in [1.29, 1.82) is 0 Å². The van der Waals surface area contributed by atoms with E-state index in [2.05, 4.69) is 5.10 Å². The quantitative estimate of drug-likeness (QED) is 0.766. The number of hydrogen-bond donors (Lipinski definition) is 1. The average molecular weight is 348 g/mol. The number of rotatable bonds is 4. The van der Waals surface area contributed by atoms with Gasteiger partial charge in [0, 0.05) is 25.1 Å². The molecule has 0 saturated carbocycles. The Kier molecular flexibility index (Phi) is 4.24. The van der Waals surface area contributed by atoms with Crippen LogP contribution in [0.4, 0.5) is 13.2 Å². The molecule has 0 aliphatic heterocycles. The van der Waals surface area contributed by atoms with E-state index < -0.39 is 17.7 Å². The molecular formula is C18H15F3N2O2. The van der Waals surface area contributed by atoms with E-state index in [4.69, 9.17) is 5.11 Å². The van der Waals surface area contributed by atoms with Gasteiger partial charge in [-0.1, -0.05) is 12.1 Å². The van der Waals surface area contributed by atoms with Crippen molar-refractivity contribution in [2.45, 2.75) is 19.0 Å². The van der Waals surface area contributed by atoms with Gasteiger partial charge in [0.1, 0.15) is 0 Å². The molecule has 2 aromatic carbocycles. The molecule has 0 spiro atoms. The number of aromatic nitrogens is 2. The first-order valence-corrected chi connectivity index (χ1v) is 7.60. The lowest BCUT2D eigenvalue weighted by atomic mass is 9.97. The summed E-state index contributed by atoms with van der Waals surface area (Å²) in [6.07, 6.45) is -2.31. The van der Waals surface area contributed by atoms with Crippen LogP contribution in [0.25, 0.3) is 22.0 Å². The maximum absolute atomic E-state index is 12.7. The molecule has 0 amide bonds. The fourth-order valence-electron chi connectivity index (χ4n) is 2.78. The molecule has 0 saturated heterocycles. The molecule has 0 aliphatic rings. The van der Waals surface area contributed by atoms with Gasteiger partial charge in [0.05, 0.1) is 11.1 Å². The third-order valence-corrected chi connectivity index (χ3v) is 3.96. The fraction of sp³-hybridized carbons (Fsp3) is 0.222. The molecule has 1 heterocycles. The molecule has 0 radical (unpaired) electrons. The molecule has 4 nitrogen and oxygen atoms in total. The van der Waals surface area contributed by atoms with Crippen LogP contribution in [0.3, 0.4) is 0 Å². The van der Waals surface area contributed by atoms with Crippen LogP contribution in [0.1, 0.15) is 17.5 Å². The molecule has 3 aromatic rings. The highest BCUT2D eigenvalue weighted by atomic mass is 19.4. The molecule has 0 fully saturated rings. The molecule has 0 unspecified atom stereocenters. The van der Waals surface area contributed by atoms with Crippen LogP contribution in [0.15, 0.2) is 42.6 Å². The highest BCUT2D eigenvalue weighted by Gasteiger charge is 2.30. The van der Waals surface area contributed by atoms with E-state index in [1.54, 1.807) is 24.0 Å². The van der Waals surface area contributed by atoms with Crippen molar-refractivity contribution < 1.29 is 23.1 Å². The largest absolute Gasteiger partial charge is 0.481 e. The molecule has 3 rings (SSSR count). The van der Waals surface area contributed by atoms with Gasteiger partial charge in [0.25, 0.3) is 0 Å². The smallest absolute Gasteiger partial charge is 0.416 e. The Hall–Kier alpha value is -2.83. The molecule has 1 N–H and O–H groups in total. The van der Waals surface area contributed by atoms with Crippen molar-refractivity contribution in [3.63, 3.8) is 0 Å². The number of hydrogen-bond acceptors (Lipinski definition) is 2. The fourth-order valence-corrected chi connectivity index (χ4v) is 2.78. The first-order valence-electron chi connectivity index (χ1n) is 7.60. The molecule has 0 atom stereocenters. The van der Waals surface area contributed by atoms with E-state index >= 15 is 0 Å². The Balaban J connectivity index is 2.05. The van der Waals surface area contributed by atoms with Crippen LogP contribution in [0.2, 0.25) is 0 Å². The van der Waals surface area contributed by atoms with E-state index in [0.717, 1.165) is 28.6 Å². The highest BCUT2D eigenvalue weighted by molar-refractivity contribution is 5.87. The molecule has 1 aromatic heterocycles. The number of nitrogens with zero attached hydrogens (tertiary/aromatic N) is 2. The Bertz CT molecular complexity index is 928. The summed E-state index contributed by atoms with van der Waals surface area (Å²) in [6, 6.07) is 8.55. The van der Waals surface area contributed by atoms with Crippen LogP contribution in [0, 0.1) is 0 Å². The van der Waals surface area contributed by atoms with Gasteiger partial charge in [-0.3, -0.25) is 9.48 Å². The van der Waals surface area contributed by atoms with Crippen molar-refractivity contribution >= 4 is 16.9 Å². The van der Waals surface area contributed by atoms with Gasteiger partial charge >= 0.3 is 12.1 Å². The predicted molar refractivity (Wildman–Crippen MR) is 87.1 cm³/mol. The Morgan fingerprint density at radius 3 is 2.44 bits per heavy atom. The highest BCUT2D eigenvalue weighted by Crippen LogP contribution is 2.32. The van der Waals surface area contributed by atoms with E-state index in [9.17, 15) is 18.0 Å². The molecular weight excluding hydrogens is 333 g/mol. The number of aryl methyl sites for hydroxylation is 2. The maximum atomic E-state index is 12.7. The summed E-state index contributed by atoms with van der Waals surface area (Å²) in [4.78, 5) is 10.9. The van der Waals surface area contributed by atoms with Gasteiger partial charge in [0.15, 0.2) is 0 Å². The number of carboxylic acid groups (broad SMARTS) is 1. The molecule has 130 valence electrons. The number of halogens is 3. The maximum Gasteiger partial charge on any atom is 0.416 e. The summed E-state index contributed by atoms with van der Waals surface area (Å²) in [6.45, 7) is 0. The van der Waals surface area contributed by atoms with Gasteiger partial charge < -0.3 is 5.11 Å². The topological polar surface area (TPSA) is 55.1 Å². The number of benzene rings is 2. The predicted octanol–water partition coefficient (Wildman–Crippen LogP) is 4.28. The minimum atomic E-state index is -4.38. The second-order valence-corrected chi connectivity index (χ2v) is 5.84. The van der Waals surface area contributed by atoms with Crippen molar-refractivity contribution in [3.05, 3.63) is 53.7 Å². The zero-order chi connectivity index (χ0) is 18.2. The first-order chi connectivity index (χ1) is 11.7. The van der Waals surface area contributed by atoms with Crippen molar-refractivity contribution in [1.82, 2.24) is 9.78 Å². The third kappa shape index (κ3) is 3.65. The van der Waals surface area contributed by atoms with Crippen molar-refractivity contribution in [2.24, 2.45) is 7.05 Å². The standard InChI is InChI=1S/C18H15F3N2O2/c1-23-10-14-9-13(8-12(17(14)22-23)4-7-16(24)25)11-2-5-15(6-3-11)18(19,20)21/h2-3,5-6,8-10H,4,7H2,1H3,(H,24,25).